The number of likely N-dealkylation sites (tertiary alicyclic amines) is 1. The molecule has 4 rings (SSSR count). The van der Waals surface area contributed by atoms with Crippen LogP contribution in [0, 0.1) is 0 Å². The molecular weight excluding hydrogens is 383 g/mol. The van der Waals surface area contributed by atoms with Gasteiger partial charge < -0.3 is 14.5 Å². The molecule has 0 spiro atoms. The molecule has 3 aromatic rings. The second-order valence-electron chi connectivity index (χ2n) is 7.08. The molecule has 1 aliphatic heterocycles. The van der Waals surface area contributed by atoms with E-state index in [4.69, 9.17) is 11.6 Å². The Kier molecular flexibility index (Phi) is 5.17. The zero-order chi connectivity index (χ0) is 19.7. The lowest BCUT2D eigenvalue weighted by atomic mass is 9.96. The second kappa shape index (κ2) is 7.75. The molecule has 3 heterocycles. The maximum atomic E-state index is 12.8. The molecule has 0 bridgehead atoms. The van der Waals surface area contributed by atoms with E-state index in [0.717, 1.165) is 29.7 Å². The number of aromatic nitrogens is 3. The molecule has 6 nitrogen and oxygen atoms in total. The number of nitrogens with one attached hydrogen (secondary N) is 1. The van der Waals surface area contributed by atoms with E-state index in [1.165, 1.54) is 22.9 Å². The quantitative estimate of drug-likeness (QED) is 0.728. The predicted octanol–water partition coefficient (Wildman–Crippen LogP) is 3.25. The van der Waals surface area contributed by atoms with E-state index < -0.39 is 6.67 Å². The number of benzene rings is 1. The summed E-state index contributed by atoms with van der Waals surface area (Å²) in [6.07, 6.45) is 3.05. The maximum Gasteiger partial charge on any atom is 0.251 e. The Morgan fingerprint density at radius 3 is 2.79 bits per heavy atom. The summed E-state index contributed by atoms with van der Waals surface area (Å²) in [7, 11) is 0. The van der Waals surface area contributed by atoms with Gasteiger partial charge in [-0.3, -0.25) is 9.59 Å². The van der Waals surface area contributed by atoms with Crippen LogP contribution in [0.4, 0.5) is 4.39 Å². The van der Waals surface area contributed by atoms with Crippen LogP contribution in [0.3, 0.4) is 0 Å². The summed E-state index contributed by atoms with van der Waals surface area (Å²) in [5, 5.41) is 0.423. The van der Waals surface area contributed by atoms with Gasteiger partial charge in [-0.15, -0.1) is 0 Å². The number of nitrogens with zero attached hydrogens (tertiary/aromatic N) is 3. The predicted molar refractivity (Wildman–Crippen MR) is 105 cm³/mol. The fourth-order valence-electron chi connectivity index (χ4n) is 3.62. The number of rotatable bonds is 4. The van der Waals surface area contributed by atoms with E-state index >= 15 is 0 Å². The molecular formula is C20H20ClFN4O2. The summed E-state index contributed by atoms with van der Waals surface area (Å²) in [4.78, 5) is 34.1. The van der Waals surface area contributed by atoms with Crippen molar-refractivity contribution in [3.8, 4) is 0 Å². The van der Waals surface area contributed by atoms with Crippen LogP contribution in [0.5, 0.6) is 0 Å². The Morgan fingerprint density at radius 1 is 1.25 bits per heavy atom. The Balaban J connectivity index is 1.41. The number of hydrogen-bond acceptors (Lipinski definition) is 3. The molecule has 0 unspecified atom stereocenters. The van der Waals surface area contributed by atoms with Crippen molar-refractivity contribution in [2.24, 2.45) is 0 Å². The number of carbonyl (C=O) groups is 1. The normalized spacial score (nSPS) is 15.3. The maximum absolute atomic E-state index is 12.8. The van der Waals surface area contributed by atoms with Gasteiger partial charge in [0, 0.05) is 31.3 Å². The van der Waals surface area contributed by atoms with Crippen LogP contribution in [-0.4, -0.2) is 38.4 Å². The molecule has 1 N–H and O–H groups in total. The van der Waals surface area contributed by atoms with Crippen molar-refractivity contribution in [2.45, 2.75) is 32.0 Å². The third kappa shape index (κ3) is 3.80. The minimum atomic E-state index is -0.506. The summed E-state index contributed by atoms with van der Waals surface area (Å²) in [5.41, 5.74) is 2.03. The zero-order valence-corrected chi connectivity index (χ0v) is 16.0. The monoisotopic (exact) mass is 402 g/mol. The number of H-pyrrole nitrogens is 1. The fourth-order valence-corrected chi connectivity index (χ4v) is 3.80. The van der Waals surface area contributed by atoms with E-state index in [9.17, 15) is 14.0 Å². The number of aromatic amines is 1. The first-order valence-electron chi connectivity index (χ1n) is 9.22. The molecule has 0 radical (unpaired) electrons. The van der Waals surface area contributed by atoms with E-state index in [-0.39, 0.29) is 23.9 Å². The topological polar surface area (TPSA) is 71.0 Å². The van der Waals surface area contributed by atoms with Gasteiger partial charge in [-0.1, -0.05) is 17.7 Å². The molecule has 0 aliphatic carbocycles. The second-order valence-corrected chi connectivity index (χ2v) is 7.51. The van der Waals surface area contributed by atoms with Crippen molar-refractivity contribution < 1.29 is 9.18 Å². The van der Waals surface area contributed by atoms with Crippen molar-refractivity contribution >= 4 is 28.5 Å². The summed E-state index contributed by atoms with van der Waals surface area (Å²) in [6, 6.07) is 8.24. The number of hydrogen-bond donors (Lipinski definition) is 1. The highest BCUT2D eigenvalue weighted by molar-refractivity contribution is 6.30. The first kappa shape index (κ1) is 18.7. The molecule has 1 aromatic carbocycles. The van der Waals surface area contributed by atoms with Gasteiger partial charge in [0.1, 0.15) is 19.0 Å². The number of imidazole rings is 1. The van der Waals surface area contributed by atoms with E-state index in [1.807, 2.05) is 6.07 Å². The lowest BCUT2D eigenvalue weighted by Crippen LogP contribution is -2.41. The van der Waals surface area contributed by atoms with Crippen LogP contribution in [0.15, 0.2) is 41.3 Å². The average molecular weight is 403 g/mol. The molecule has 2 aromatic heterocycles. The number of pyridine rings is 1. The molecule has 28 heavy (non-hydrogen) atoms. The highest BCUT2D eigenvalue weighted by atomic mass is 35.5. The van der Waals surface area contributed by atoms with Crippen molar-refractivity contribution in [1.29, 1.82) is 0 Å². The minimum absolute atomic E-state index is 0.0132. The van der Waals surface area contributed by atoms with Crippen LogP contribution >= 0.6 is 11.6 Å². The number of alkyl halides is 1. The Hall–Kier alpha value is -2.67. The molecule has 1 amide bonds. The number of fused-ring (bicyclic) bond motifs is 1. The van der Waals surface area contributed by atoms with Gasteiger partial charge in [0.05, 0.1) is 16.1 Å². The lowest BCUT2D eigenvalue weighted by Gasteiger charge is -2.31. The zero-order valence-electron chi connectivity index (χ0n) is 15.2. The van der Waals surface area contributed by atoms with E-state index in [0.29, 0.717) is 23.7 Å². The minimum Gasteiger partial charge on any atom is -0.342 e. The standard InChI is InChI=1S/C20H20ClFN4O2/c21-15-2-4-18(27)26(11-15)12-19(28)25-7-5-14(6-8-25)20-23-16-3-1-13(10-22)9-17(16)24-20/h1-4,9,11,14H,5-8,10,12H2,(H,23,24). The number of carbonyl (C=O) groups excluding carboxylic acids is 1. The summed E-state index contributed by atoms with van der Waals surface area (Å²) >= 11 is 5.91. The fraction of sp³-hybridized carbons (Fsp3) is 0.350. The SMILES string of the molecule is O=C(Cn1cc(Cl)ccc1=O)N1CCC(c2nc3cc(CF)ccc3[nH]2)CC1. The molecule has 0 atom stereocenters. The third-order valence-electron chi connectivity index (χ3n) is 5.21. The van der Waals surface area contributed by atoms with Gasteiger partial charge >= 0.3 is 0 Å². The van der Waals surface area contributed by atoms with Gasteiger partial charge in [0.25, 0.3) is 5.56 Å². The number of amides is 1. The van der Waals surface area contributed by atoms with Crippen LogP contribution in [0.1, 0.15) is 30.1 Å². The van der Waals surface area contributed by atoms with Crippen molar-refractivity contribution in [3.63, 3.8) is 0 Å². The summed E-state index contributed by atoms with van der Waals surface area (Å²) in [6.45, 7) is 0.687. The van der Waals surface area contributed by atoms with Crippen LogP contribution in [-0.2, 0) is 18.0 Å². The molecule has 146 valence electrons. The molecule has 8 heteroatoms. The Labute approximate surface area is 165 Å². The Bertz CT molecular complexity index is 1070. The van der Waals surface area contributed by atoms with Crippen molar-refractivity contribution in [3.05, 3.63) is 63.3 Å². The summed E-state index contributed by atoms with van der Waals surface area (Å²) in [5.74, 6) is 1.00. The van der Waals surface area contributed by atoms with Crippen molar-refractivity contribution in [2.75, 3.05) is 13.1 Å². The first-order chi connectivity index (χ1) is 13.5. The third-order valence-corrected chi connectivity index (χ3v) is 5.43. The van der Waals surface area contributed by atoms with Gasteiger partial charge in [0.15, 0.2) is 0 Å². The number of halogens is 2. The summed E-state index contributed by atoms with van der Waals surface area (Å²) < 4.78 is 14.2. The van der Waals surface area contributed by atoms with E-state index in [1.54, 1.807) is 17.0 Å². The largest absolute Gasteiger partial charge is 0.342 e. The average Bonchev–Trinajstić information content (AvgIpc) is 3.14. The molecule has 1 fully saturated rings. The van der Waals surface area contributed by atoms with Gasteiger partial charge in [-0.25, -0.2) is 9.37 Å². The molecule has 1 aliphatic rings. The van der Waals surface area contributed by atoms with Crippen LogP contribution in [0.2, 0.25) is 5.02 Å². The van der Waals surface area contributed by atoms with Gasteiger partial charge in [0.2, 0.25) is 5.91 Å². The Morgan fingerprint density at radius 2 is 2.04 bits per heavy atom. The van der Waals surface area contributed by atoms with Crippen LogP contribution in [0.25, 0.3) is 11.0 Å². The smallest absolute Gasteiger partial charge is 0.251 e. The molecule has 0 saturated carbocycles. The van der Waals surface area contributed by atoms with Crippen LogP contribution < -0.4 is 5.56 Å². The van der Waals surface area contributed by atoms with Gasteiger partial charge in [-0.2, -0.15) is 0 Å². The first-order valence-corrected chi connectivity index (χ1v) is 9.59. The highest BCUT2D eigenvalue weighted by Crippen LogP contribution is 2.28. The van der Waals surface area contributed by atoms with Crippen molar-refractivity contribution in [1.82, 2.24) is 19.4 Å². The highest BCUT2D eigenvalue weighted by Gasteiger charge is 2.26. The molecule has 1 saturated heterocycles. The lowest BCUT2D eigenvalue weighted by molar-refractivity contribution is -0.133. The van der Waals surface area contributed by atoms with Gasteiger partial charge in [-0.05, 0) is 36.6 Å². The van der Waals surface area contributed by atoms with E-state index in [2.05, 4.69) is 9.97 Å². The number of piperidine rings is 1.